The van der Waals surface area contributed by atoms with Gasteiger partial charge in [0, 0.05) is 6.54 Å². The van der Waals surface area contributed by atoms with Gasteiger partial charge in [-0.3, -0.25) is 4.79 Å². The number of carbonyl (C=O) groups excluding carboxylic acids is 1. The normalized spacial score (nSPS) is 13.9. The number of hydrogen-bond donors (Lipinski definition) is 1. The van der Waals surface area contributed by atoms with Crippen molar-refractivity contribution < 1.29 is 22.7 Å². The number of halogens is 3. The van der Waals surface area contributed by atoms with Gasteiger partial charge in [-0.2, -0.15) is 13.2 Å². The first-order valence-electron chi connectivity index (χ1n) is 3.84. The monoisotopic (exact) mass is 199 g/mol. The highest BCUT2D eigenvalue weighted by Gasteiger charge is 2.35. The Labute approximate surface area is 74.0 Å². The second-order valence-corrected chi connectivity index (χ2v) is 2.50. The molecule has 2 N–H and O–H groups in total. The molecule has 0 fully saturated rings. The van der Waals surface area contributed by atoms with Gasteiger partial charge in [0.05, 0.1) is 18.9 Å². The van der Waals surface area contributed by atoms with E-state index in [0.717, 1.165) is 0 Å². The van der Waals surface area contributed by atoms with E-state index in [1.165, 1.54) is 6.92 Å². The van der Waals surface area contributed by atoms with Crippen LogP contribution in [-0.4, -0.2) is 25.3 Å². The molecule has 0 aliphatic carbocycles. The van der Waals surface area contributed by atoms with E-state index in [1.54, 1.807) is 0 Å². The van der Waals surface area contributed by atoms with Gasteiger partial charge in [0.2, 0.25) is 0 Å². The van der Waals surface area contributed by atoms with Crippen molar-refractivity contribution >= 4 is 5.97 Å². The van der Waals surface area contributed by atoms with Gasteiger partial charge in [0.1, 0.15) is 0 Å². The van der Waals surface area contributed by atoms with E-state index in [9.17, 15) is 18.0 Å². The van der Waals surface area contributed by atoms with Gasteiger partial charge in [-0.15, -0.1) is 0 Å². The zero-order chi connectivity index (χ0) is 10.5. The molecule has 0 aliphatic rings. The molecule has 0 saturated heterocycles. The Hall–Kier alpha value is -0.780. The zero-order valence-corrected chi connectivity index (χ0v) is 7.23. The van der Waals surface area contributed by atoms with Crippen LogP contribution in [0.15, 0.2) is 0 Å². The standard InChI is InChI=1S/C7H12F3NO2/c1-2-13-6(12)5(4-11)3-7(8,9)10/h5H,2-4,11H2,1H3. The maximum Gasteiger partial charge on any atom is 0.390 e. The zero-order valence-electron chi connectivity index (χ0n) is 7.23. The van der Waals surface area contributed by atoms with Gasteiger partial charge < -0.3 is 10.5 Å². The van der Waals surface area contributed by atoms with E-state index in [-0.39, 0.29) is 13.2 Å². The van der Waals surface area contributed by atoms with Crippen LogP contribution in [0, 0.1) is 5.92 Å². The van der Waals surface area contributed by atoms with Gasteiger partial charge in [-0.25, -0.2) is 0 Å². The lowest BCUT2D eigenvalue weighted by atomic mass is 10.1. The van der Waals surface area contributed by atoms with Crippen molar-refractivity contribution in [2.45, 2.75) is 19.5 Å². The Morgan fingerprint density at radius 2 is 2.08 bits per heavy atom. The molecular formula is C7H12F3NO2. The number of alkyl halides is 3. The third-order valence-corrected chi connectivity index (χ3v) is 1.38. The maximum absolute atomic E-state index is 11.8. The summed E-state index contributed by atoms with van der Waals surface area (Å²) < 4.78 is 39.9. The Morgan fingerprint density at radius 3 is 2.38 bits per heavy atom. The highest BCUT2D eigenvalue weighted by atomic mass is 19.4. The van der Waals surface area contributed by atoms with Crippen molar-refractivity contribution in [1.29, 1.82) is 0 Å². The smallest absolute Gasteiger partial charge is 0.390 e. The molecule has 0 spiro atoms. The lowest BCUT2D eigenvalue weighted by molar-refractivity contribution is -0.166. The maximum atomic E-state index is 11.8. The van der Waals surface area contributed by atoms with Crippen LogP contribution in [0.1, 0.15) is 13.3 Å². The lowest BCUT2D eigenvalue weighted by Gasteiger charge is -2.14. The predicted octanol–water partition coefficient (Wildman–Crippen LogP) is 1.08. The number of nitrogens with two attached hydrogens (primary N) is 1. The minimum atomic E-state index is -4.38. The second kappa shape index (κ2) is 5.06. The molecule has 13 heavy (non-hydrogen) atoms. The molecule has 0 amide bonds. The summed E-state index contributed by atoms with van der Waals surface area (Å²) in [5, 5.41) is 0. The summed E-state index contributed by atoms with van der Waals surface area (Å²) in [5.41, 5.74) is 5.01. The minimum absolute atomic E-state index is 0.0627. The van der Waals surface area contributed by atoms with E-state index in [1.807, 2.05) is 0 Å². The highest BCUT2D eigenvalue weighted by molar-refractivity contribution is 5.72. The van der Waals surface area contributed by atoms with Gasteiger partial charge in [-0.1, -0.05) is 0 Å². The predicted molar refractivity (Wildman–Crippen MR) is 39.8 cm³/mol. The molecule has 0 saturated carbocycles. The summed E-state index contributed by atoms with van der Waals surface area (Å²) in [6.07, 6.45) is -5.60. The fraction of sp³-hybridized carbons (Fsp3) is 0.857. The number of carbonyl (C=O) groups is 1. The summed E-state index contributed by atoms with van der Waals surface area (Å²) in [5.74, 6) is -2.16. The molecule has 0 heterocycles. The molecule has 0 aliphatic heterocycles. The summed E-state index contributed by atoms with van der Waals surface area (Å²) in [6.45, 7) is 1.24. The quantitative estimate of drug-likeness (QED) is 0.689. The fourth-order valence-electron chi connectivity index (χ4n) is 0.802. The van der Waals surface area contributed by atoms with E-state index in [4.69, 9.17) is 5.73 Å². The van der Waals surface area contributed by atoms with Crippen molar-refractivity contribution in [2.75, 3.05) is 13.2 Å². The van der Waals surface area contributed by atoms with Gasteiger partial charge in [0.25, 0.3) is 0 Å². The number of ether oxygens (including phenoxy) is 1. The molecule has 6 heteroatoms. The third kappa shape index (κ3) is 5.46. The van der Waals surface area contributed by atoms with E-state index in [0.29, 0.717) is 0 Å². The largest absolute Gasteiger partial charge is 0.466 e. The van der Waals surface area contributed by atoms with Crippen LogP contribution < -0.4 is 5.73 Å². The number of hydrogen-bond acceptors (Lipinski definition) is 3. The van der Waals surface area contributed by atoms with Crippen molar-refractivity contribution in [3.63, 3.8) is 0 Å². The first-order valence-corrected chi connectivity index (χ1v) is 3.84. The first-order chi connectivity index (χ1) is 5.90. The molecule has 0 aromatic carbocycles. The first kappa shape index (κ1) is 12.2. The van der Waals surface area contributed by atoms with Crippen molar-refractivity contribution in [1.82, 2.24) is 0 Å². The van der Waals surface area contributed by atoms with Crippen LogP contribution in [0.4, 0.5) is 13.2 Å². The van der Waals surface area contributed by atoms with E-state index < -0.39 is 24.5 Å². The van der Waals surface area contributed by atoms with E-state index in [2.05, 4.69) is 4.74 Å². The lowest BCUT2D eigenvalue weighted by Crippen LogP contribution is -2.30. The summed E-state index contributed by atoms with van der Waals surface area (Å²) in [4.78, 5) is 10.8. The molecule has 1 atom stereocenters. The molecule has 78 valence electrons. The Morgan fingerprint density at radius 1 is 1.54 bits per heavy atom. The topological polar surface area (TPSA) is 52.3 Å². The third-order valence-electron chi connectivity index (χ3n) is 1.38. The Kier molecular flexibility index (Phi) is 4.76. The molecule has 1 unspecified atom stereocenters. The van der Waals surface area contributed by atoms with E-state index >= 15 is 0 Å². The van der Waals surface area contributed by atoms with Gasteiger partial charge in [-0.05, 0) is 6.92 Å². The van der Waals surface area contributed by atoms with Crippen LogP contribution in [-0.2, 0) is 9.53 Å². The fourth-order valence-corrected chi connectivity index (χ4v) is 0.802. The van der Waals surface area contributed by atoms with Crippen LogP contribution >= 0.6 is 0 Å². The van der Waals surface area contributed by atoms with Crippen molar-refractivity contribution in [3.05, 3.63) is 0 Å². The number of rotatable bonds is 4. The Bertz CT molecular complexity index is 170. The van der Waals surface area contributed by atoms with Crippen LogP contribution in [0.3, 0.4) is 0 Å². The molecule has 0 radical (unpaired) electrons. The van der Waals surface area contributed by atoms with Gasteiger partial charge in [0.15, 0.2) is 0 Å². The summed E-state index contributed by atoms with van der Waals surface area (Å²) >= 11 is 0. The van der Waals surface area contributed by atoms with Crippen molar-refractivity contribution in [2.24, 2.45) is 11.7 Å². The molecule has 0 bridgehead atoms. The minimum Gasteiger partial charge on any atom is -0.466 e. The molecule has 0 rings (SSSR count). The number of esters is 1. The summed E-state index contributed by atoms with van der Waals surface area (Å²) in [7, 11) is 0. The highest BCUT2D eigenvalue weighted by Crippen LogP contribution is 2.24. The SMILES string of the molecule is CCOC(=O)C(CN)CC(F)(F)F. The van der Waals surface area contributed by atoms with Crippen LogP contribution in [0.5, 0.6) is 0 Å². The summed E-state index contributed by atoms with van der Waals surface area (Å²) in [6, 6.07) is 0. The van der Waals surface area contributed by atoms with Crippen LogP contribution in [0.2, 0.25) is 0 Å². The Balaban J connectivity index is 4.10. The average molecular weight is 199 g/mol. The van der Waals surface area contributed by atoms with Crippen molar-refractivity contribution in [3.8, 4) is 0 Å². The molecule has 0 aromatic heterocycles. The molecular weight excluding hydrogens is 187 g/mol. The second-order valence-electron chi connectivity index (χ2n) is 2.50. The molecule has 0 aromatic rings. The molecule has 3 nitrogen and oxygen atoms in total. The van der Waals surface area contributed by atoms with Gasteiger partial charge >= 0.3 is 12.1 Å². The average Bonchev–Trinajstić information content (AvgIpc) is 1.99. The van der Waals surface area contributed by atoms with Crippen LogP contribution in [0.25, 0.3) is 0 Å².